The van der Waals surface area contributed by atoms with Gasteiger partial charge in [-0.15, -0.1) is 0 Å². The Morgan fingerprint density at radius 3 is 2.07 bits per heavy atom. The molecule has 162 valence electrons. The van der Waals surface area contributed by atoms with Crippen molar-refractivity contribution in [3.63, 3.8) is 0 Å². The van der Waals surface area contributed by atoms with Crippen molar-refractivity contribution in [2.45, 2.75) is 112 Å². The van der Waals surface area contributed by atoms with Crippen molar-refractivity contribution in [2.75, 3.05) is 0 Å². The molecule has 0 amide bonds. The summed E-state index contributed by atoms with van der Waals surface area (Å²) in [6.07, 6.45) is 9.12. The summed E-state index contributed by atoms with van der Waals surface area (Å²) < 4.78 is 0. The number of rotatable bonds is 11. The summed E-state index contributed by atoms with van der Waals surface area (Å²) in [5, 5.41) is 0. The molecule has 1 rings (SSSR count). The zero-order valence-corrected chi connectivity index (χ0v) is 19.8. The maximum atomic E-state index is 12.5. The number of carbonyl (C=O) groups excluding carboxylic acids is 1. The molecular formula is C25H46N2O. The first-order valence-electron chi connectivity index (χ1n) is 11.6. The molecule has 3 heteroatoms. The maximum absolute atomic E-state index is 12.5. The highest BCUT2D eigenvalue weighted by atomic mass is 16.1. The number of Topliss-reactive ketones (excluding diaryl/α,β-unsaturated/α-hetero) is 1. The third-order valence-corrected chi connectivity index (χ3v) is 5.78. The van der Waals surface area contributed by atoms with Gasteiger partial charge in [0.2, 0.25) is 0 Å². The summed E-state index contributed by atoms with van der Waals surface area (Å²) in [5.74, 6) is 1.98. The van der Waals surface area contributed by atoms with Crippen LogP contribution < -0.4 is 5.73 Å². The van der Waals surface area contributed by atoms with Gasteiger partial charge in [0, 0.05) is 24.2 Å². The van der Waals surface area contributed by atoms with E-state index in [1.54, 1.807) is 0 Å². The smallest absolute Gasteiger partial charge is 0.178 e. The lowest BCUT2D eigenvalue weighted by Crippen LogP contribution is -2.42. The van der Waals surface area contributed by atoms with Crippen LogP contribution in [0.2, 0.25) is 0 Å². The molecular weight excluding hydrogens is 344 g/mol. The lowest BCUT2D eigenvalue weighted by molar-refractivity contribution is -0.115. The van der Waals surface area contributed by atoms with Gasteiger partial charge in [0.1, 0.15) is 0 Å². The standard InChI is InChI=1S/C25H46N2O/c1-9-10-11-24(28)25(26)22-14-19(6)15-23(16-22)27(20(7)12-17(2)3)21(8)13-18(4)5/h16-21H,9-15,26H2,1-8H3/b25-22+. The summed E-state index contributed by atoms with van der Waals surface area (Å²) in [7, 11) is 0. The summed E-state index contributed by atoms with van der Waals surface area (Å²) >= 11 is 0. The van der Waals surface area contributed by atoms with Gasteiger partial charge in [-0.3, -0.25) is 4.79 Å². The normalized spacial score (nSPS) is 21.5. The average molecular weight is 391 g/mol. The van der Waals surface area contributed by atoms with Crippen molar-refractivity contribution in [2.24, 2.45) is 23.5 Å². The Bertz CT molecular complexity index is 543. The number of allylic oxidation sites excluding steroid dienone is 4. The molecule has 3 nitrogen and oxygen atoms in total. The highest BCUT2D eigenvalue weighted by Gasteiger charge is 2.28. The summed E-state index contributed by atoms with van der Waals surface area (Å²) in [6.45, 7) is 18.3. The van der Waals surface area contributed by atoms with Crippen molar-refractivity contribution in [1.82, 2.24) is 4.90 Å². The third-order valence-electron chi connectivity index (χ3n) is 5.78. The van der Waals surface area contributed by atoms with E-state index >= 15 is 0 Å². The van der Waals surface area contributed by atoms with Crippen LogP contribution in [0.25, 0.3) is 0 Å². The van der Waals surface area contributed by atoms with Crippen molar-refractivity contribution in [3.8, 4) is 0 Å². The van der Waals surface area contributed by atoms with Gasteiger partial charge in [0.25, 0.3) is 0 Å². The van der Waals surface area contributed by atoms with Crippen molar-refractivity contribution in [1.29, 1.82) is 0 Å². The Morgan fingerprint density at radius 2 is 1.61 bits per heavy atom. The molecule has 1 aliphatic rings. The molecule has 0 radical (unpaired) electrons. The van der Waals surface area contributed by atoms with E-state index in [9.17, 15) is 4.79 Å². The van der Waals surface area contributed by atoms with Crippen LogP contribution in [0.4, 0.5) is 0 Å². The number of nitrogens with zero attached hydrogens (tertiary/aromatic N) is 1. The molecule has 28 heavy (non-hydrogen) atoms. The Balaban J connectivity index is 3.24. The topological polar surface area (TPSA) is 46.3 Å². The van der Waals surface area contributed by atoms with Gasteiger partial charge in [-0.05, 0) is 75.4 Å². The number of unbranched alkanes of at least 4 members (excludes halogenated alkanes) is 1. The van der Waals surface area contributed by atoms with Gasteiger partial charge in [-0.25, -0.2) is 0 Å². The fraction of sp³-hybridized carbons (Fsp3) is 0.800. The quantitative estimate of drug-likeness (QED) is 0.413. The molecule has 0 saturated heterocycles. The molecule has 0 aromatic carbocycles. The molecule has 0 bridgehead atoms. The van der Waals surface area contributed by atoms with Crippen LogP contribution in [0, 0.1) is 17.8 Å². The number of hydrogen-bond acceptors (Lipinski definition) is 3. The van der Waals surface area contributed by atoms with Crippen molar-refractivity contribution >= 4 is 5.78 Å². The van der Waals surface area contributed by atoms with Crippen LogP contribution in [0.5, 0.6) is 0 Å². The van der Waals surface area contributed by atoms with Gasteiger partial charge < -0.3 is 10.6 Å². The molecule has 0 saturated carbocycles. The van der Waals surface area contributed by atoms with E-state index in [2.05, 4.69) is 66.4 Å². The van der Waals surface area contributed by atoms with E-state index in [0.717, 1.165) is 31.3 Å². The predicted octanol–water partition coefficient (Wildman–Crippen LogP) is 6.44. The van der Waals surface area contributed by atoms with Crippen LogP contribution in [0.15, 0.2) is 23.0 Å². The minimum absolute atomic E-state index is 0.124. The second-order valence-electron chi connectivity index (χ2n) is 9.98. The van der Waals surface area contributed by atoms with Crippen LogP contribution in [0.3, 0.4) is 0 Å². The first kappa shape index (κ1) is 24.8. The van der Waals surface area contributed by atoms with Crippen LogP contribution >= 0.6 is 0 Å². The average Bonchev–Trinajstić information content (AvgIpc) is 2.57. The van der Waals surface area contributed by atoms with E-state index in [0.29, 0.717) is 42.0 Å². The molecule has 0 aromatic heterocycles. The van der Waals surface area contributed by atoms with E-state index in [1.165, 1.54) is 18.5 Å². The SMILES string of the molecule is CCCCC(=O)/C(N)=C1\C=C(N(C(C)CC(C)C)C(C)CC(C)C)CC(C)C1. The van der Waals surface area contributed by atoms with E-state index in [1.807, 2.05) is 0 Å². The van der Waals surface area contributed by atoms with Gasteiger partial charge >= 0.3 is 0 Å². The van der Waals surface area contributed by atoms with Gasteiger partial charge in [-0.2, -0.15) is 0 Å². The molecule has 0 aromatic rings. The number of hydrogen-bond donors (Lipinski definition) is 1. The van der Waals surface area contributed by atoms with E-state index in [-0.39, 0.29) is 5.78 Å². The zero-order chi connectivity index (χ0) is 21.4. The highest BCUT2D eigenvalue weighted by molar-refractivity contribution is 5.95. The fourth-order valence-corrected chi connectivity index (χ4v) is 4.73. The van der Waals surface area contributed by atoms with Gasteiger partial charge in [0.15, 0.2) is 5.78 Å². The molecule has 2 N–H and O–H groups in total. The van der Waals surface area contributed by atoms with Crippen LogP contribution in [-0.4, -0.2) is 22.8 Å². The molecule has 3 atom stereocenters. The largest absolute Gasteiger partial charge is 0.396 e. The third kappa shape index (κ3) is 7.64. The van der Waals surface area contributed by atoms with Crippen molar-refractivity contribution in [3.05, 3.63) is 23.0 Å². The molecule has 1 aliphatic carbocycles. The Kier molecular flexibility index (Phi) is 10.3. The Hall–Kier alpha value is -1.25. The van der Waals surface area contributed by atoms with Gasteiger partial charge in [-0.1, -0.05) is 48.0 Å². The minimum atomic E-state index is 0.124. The second-order valence-corrected chi connectivity index (χ2v) is 9.98. The molecule has 0 spiro atoms. The summed E-state index contributed by atoms with van der Waals surface area (Å²) in [6, 6.07) is 0.979. The van der Waals surface area contributed by atoms with E-state index < -0.39 is 0 Å². The lowest BCUT2D eigenvalue weighted by Gasteiger charge is -2.42. The molecule has 0 aliphatic heterocycles. The summed E-state index contributed by atoms with van der Waals surface area (Å²) in [5.41, 5.74) is 9.28. The van der Waals surface area contributed by atoms with Crippen molar-refractivity contribution < 1.29 is 4.79 Å². The Labute approximate surface area is 174 Å². The van der Waals surface area contributed by atoms with Gasteiger partial charge in [0.05, 0.1) is 5.70 Å². The Morgan fingerprint density at radius 1 is 1.07 bits per heavy atom. The maximum Gasteiger partial charge on any atom is 0.178 e. The minimum Gasteiger partial charge on any atom is -0.396 e. The monoisotopic (exact) mass is 390 g/mol. The molecule has 0 heterocycles. The predicted molar refractivity (Wildman–Crippen MR) is 122 cm³/mol. The van der Waals surface area contributed by atoms with Crippen LogP contribution in [-0.2, 0) is 4.79 Å². The lowest BCUT2D eigenvalue weighted by atomic mass is 9.86. The zero-order valence-electron chi connectivity index (χ0n) is 19.8. The number of nitrogens with two attached hydrogens (primary N) is 1. The molecule has 3 unspecified atom stereocenters. The van der Waals surface area contributed by atoms with Crippen LogP contribution in [0.1, 0.15) is 100 Å². The second kappa shape index (κ2) is 11.7. The highest BCUT2D eigenvalue weighted by Crippen LogP contribution is 2.34. The molecule has 0 fully saturated rings. The first-order chi connectivity index (χ1) is 13.1. The van der Waals surface area contributed by atoms with E-state index in [4.69, 9.17) is 5.73 Å². The number of ketones is 1. The summed E-state index contributed by atoms with van der Waals surface area (Å²) in [4.78, 5) is 15.2. The number of carbonyl (C=O) groups is 1. The first-order valence-corrected chi connectivity index (χ1v) is 11.6. The fourth-order valence-electron chi connectivity index (χ4n) is 4.73.